The van der Waals surface area contributed by atoms with Gasteiger partial charge in [-0.3, -0.25) is 0 Å². The Morgan fingerprint density at radius 1 is 1.56 bits per heavy atom. The molecular weight excluding hydrogens is 320 g/mol. The van der Waals surface area contributed by atoms with Crippen molar-refractivity contribution < 1.29 is 9.52 Å². The number of halogens is 2. The first kappa shape index (κ1) is 13.4. The van der Waals surface area contributed by atoms with Crippen molar-refractivity contribution in [3.63, 3.8) is 0 Å². The number of aliphatic hydroxyl groups is 1. The van der Waals surface area contributed by atoms with Crippen LogP contribution in [-0.4, -0.2) is 16.7 Å². The van der Waals surface area contributed by atoms with E-state index in [1.807, 2.05) is 12.1 Å². The predicted octanol–water partition coefficient (Wildman–Crippen LogP) is 3.63. The van der Waals surface area contributed by atoms with Crippen molar-refractivity contribution in [3.8, 4) is 0 Å². The first-order valence-corrected chi connectivity index (χ1v) is 6.59. The number of hydrogen-bond acceptors (Lipinski definition) is 4. The van der Waals surface area contributed by atoms with E-state index < -0.39 is 0 Å². The molecule has 0 aromatic carbocycles. The lowest BCUT2D eigenvalue weighted by Crippen LogP contribution is -2.13. The van der Waals surface area contributed by atoms with Crippen molar-refractivity contribution >= 4 is 33.3 Å². The fourth-order valence-electron chi connectivity index (χ4n) is 1.59. The van der Waals surface area contributed by atoms with Crippen molar-refractivity contribution in [1.29, 1.82) is 0 Å². The Balaban J connectivity index is 2.18. The quantitative estimate of drug-likeness (QED) is 0.878. The Hall–Kier alpha value is -1.04. The zero-order valence-corrected chi connectivity index (χ0v) is 11.8. The highest BCUT2D eigenvalue weighted by Gasteiger charge is 2.15. The highest BCUT2D eigenvalue weighted by atomic mass is 79.9. The zero-order valence-electron chi connectivity index (χ0n) is 9.44. The van der Waals surface area contributed by atoms with Crippen LogP contribution in [0.1, 0.15) is 18.2 Å². The molecule has 6 heteroatoms. The minimum Gasteiger partial charge on any atom is -0.467 e. The van der Waals surface area contributed by atoms with Crippen LogP contribution in [0.5, 0.6) is 0 Å². The molecule has 1 unspecified atom stereocenters. The van der Waals surface area contributed by atoms with Crippen LogP contribution in [0.3, 0.4) is 0 Å². The molecule has 0 saturated carbocycles. The van der Waals surface area contributed by atoms with Gasteiger partial charge in [0.15, 0.2) is 0 Å². The summed E-state index contributed by atoms with van der Waals surface area (Å²) in [6.07, 6.45) is 3.70. The van der Waals surface area contributed by atoms with Crippen LogP contribution in [0.25, 0.3) is 0 Å². The second kappa shape index (κ2) is 6.22. The van der Waals surface area contributed by atoms with Gasteiger partial charge in [-0.15, -0.1) is 0 Å². The van der Waals surface area contributed by atoms with Gasteiger partial charge in [0.2, 0.25) is 0 Å². The van der Waals surface area contributed by atoms with Crippen LogP contribution in [0.4, 0.5) is 5.82 Å². The maximum Gasteiger partial charge on any atom is 0.140 e. The molecule has 2 rings (SSSR count). The number of aliphatic hydroxyl groups excluding tert-OH is 1. The molecule has 2 N–H and O–H groups in total. The highest BCUT2D eigenvalue weighted by Crippen LogP contribution is 2.28. The summed E-state index contributed by atoms with van der Waals surface area (Å²) in [6.45, 7) is 0.0591. The molecule has 2 heterocycles. The maximum atomic E-state index is 9.09. The molecule has 0 fully saturated rings. The molecule has 2 aromatic rings. The Bertz CT molecular complexity index is 505. The molecule has 1 atom stereocenters. The molecule has 2 aromatic heterocycles. The molecule has 0 saturated heterocycles. The molecule has 18 heavy (non-hydrogen) atoms. The average molecular weight is 332 g/mol. The van der Waals surface area contributed by atoms with Crippen LogP contribution in [0.2, 0.25) is 5.02 Å². The Labute approximate surface area is 118 Å². The Morgan fingerprint density at radius 2 is 2.39 bits per heavy atom. The second-order valence-corrected chi connectivity index (χ2v) is 5.00. The fraction of sp³-hybridized carbons (Fsp3) is 0.250. The normalized spacial score (nSPS) is 12.4. The van der Waals surface area contributed by atoms with E-state index >= 15 is 0 Å². The number of aromatic nitrogens is 1. The van der Waals surface area contributed by atoms with Crippen LogP contribution >= 0.6 is 27.5 Å². The third kappa shape index (κ3) is 3.25. The van der Waals surface area contributed by atoms with Gasteiger partial charge in [0.1, 0.15) is 11.6 Å². The number of hydrogen-bond donors (Lipinski definition) is 2. The summed E-state index contributed by atoms with van der Waals surface area (Å²) in [5.41, 5.74) is 0. The summed E-state index contributed by atoms with van der Waals surface area (Å²) in [6, 6.07) is 5.30. The lowest BCUT2D eigenvalue weighted by molar-refractivity contribution is 0.273. The van der Waals surface area contributed by atoms with Crippen molar-refractivity contribution in [2.24, 2.45) is 0 Å². The van der Waals surface area contributed by atoms with E-state index in [1.165, 1.54) is 0 Å². The third-order valence-corrected chi connectivity index (χ3v) is 3.23. The van der Waals surface area contributed by atoms with E-state index in [4.69, 9.17) is 21.1 Å². The molecule has 0 spiro atoms. The summed E-state index contributed by atoms with van der Waals surface area (Å²) in [4.78, 5) is 4.20. The van der Waals surface area contributed by atoms with E-state index in [-0.39, 0.29) is 12.6 Å². The van der Waals surface area contributed by atoms with Crippen LogP contribution in [0, 0.1) is 0 Å². The monoisotopic (exact) mass is 330 g/mol. The minimum atomic E-state index is -0.130. The van der Waals surface area contributed by atoms with Crippen molar-refractivity contribution in [3.05, 3.63) is 45.9 Å². The van der Waals surface area contributed by atoms with Gasteiger partial charge >= 0.3 is 0 Å². The van der Waals surface area contributed by atoms with Gasteiger partial charge in [-0.1, -0.05) is 11.6 Å². The van der Waals surface area contributed by atoms with E-state index in [1.54, 1.807) is 18.5 Å². The number of nitrogens with one attached hydrogen (secondary N) is 1. The van der Waals surface area contributed by atoms with Gasteiger partial charge in [-0.25, -0.2) is 4.98 Å². The minimum absolute atomic E-state index is 0.0591. The number of pyridine rings is 1. The van der Waals surface area contributed by atoms with E-state index in [9.17, 15) is 0 Å². The van der Waals surface area contributed by atoms with Crippen LogP contribution in [0.15, 0.2) is 39.5 Å². The van der Waals surface area contributed by atoms with Gasteiger partial charge in [0.25, 0.3) is 0 Å². The molecule has 0 amide bonds. The van der Waals surface area contributed by atoms with Gasteiger partial charge in [-0.05, 0) is 40.5 Å². The zero-order chi connectivity index (χ0) is 13.0. The van der Waals surface area contributed by atoms with E-state index in [0.29, 0.717) is 17.3 Å². The molecule has 4 nitrogen and oxygen atoms in total. The predicted molar refractivity (Wildman–Crippen MR) is 73.7 cm³/mol. The largest absolute Gasteiger partial charge is 0.467 e. The fourth-order valence-corrected chi connectivity index (χ4v) is 2.34. The summed E-state index contributed by atoms with van der Waals surface area (Å²) in [5.74, 6) is 1.42. The number of anilines is 1. The van der Waals surface area contributed by atoms with Gasteiger partial charge in [-0.2, -0.15) is 0 Å². The van der Waals surface area contributed by atoms with E-state index in [2.05, 4.69) is 26.2 Å². The van der Waals surface area contributed by atoms with Crippen molar-refractivity contribution in [1.82, 2.24) is 4.98 Å². The Kier molecular flexibility index (Phi) is 4.63. The number of nitrogens with zero attached hydrogens (tertiary/aromatic N) is 1. The Morgan fingerprint density at radius 3 is 3.00 bits per heavy atom. The summed E-state index contributed by atoms with van der Waals surface area (Å²) in [5, 5.41) is 12.9. The maximum absolute atomic E-state index is 9.09. The van der Waals surface area contributed by atoms with Crippen LogP contribution in [-0.2, 0) is 0 Å². The first-order valence-electron chi connectivity index (χ1n) is 5.42. The lowest BCUT2D eigenvalue weighted by atomic mass is 10.1. The number of rotatable bonds is 5. The molecule has 0 radical (unpaired) electrons. The van der Waals surface area contributed by atoms with Gasteiger partial charge in [0.05, 0.1) is 21.8 Å². The lowest BCUT2D eigenvalue weighted by Gasteiger charge is -2.17. The average Bonchev–Trinajstić information content (AvgIpc) is 2.85. The topological polar surface area (TPSA) is 58.3 Å². The molecule has 96 valence electrons. The van der Waals surface area contributed by atoms with E-state index in [0.717, 1.165) is 10.2 Å². The molecule has 0 aliphatic heterocycles. The third-order valence-electron chi connectivity index (χ3n) is 2.42. The van der Waals surface area contributed by atoms with Crippen molar-refractivity contribution in [2.75, 3.05) is 11.9 Å². The molecule has 0 aliphatic rings. The standard InChI is InChI=1S/C12H12BrClN2O2/c13-9-6-8(14)7-15-12(9)16-10(3-4-17)11-2-1-5-18-11/h1-2,5-7,10,17H,3-4H2,(H,15,16). The molecule has 0 aliphatic carbocycles. The second-order valence-electron chi connectivity index (χ2n) is 3.71. The summed E-state index contributed by atoms with van der Waals surface area (Å²) >= 11 is 9.22. The molecular formula is C12H12BrClN2O2. The summed E-state index contributed by atoms with van der Waals surface area (Å²) < 4.78 is 6.11. The first-order chi connectivity index (χ1) is 8.70. The number of furan rings is 1. The highest BCUT2D eigenvalue weighted by molar-refractivity contribution is 9.10. The van der Waals surface area contributed by atoms with Crippen molar-refractivity contribution in [2.45, 2.75) is 12.5 Å². The van der Waals surface area contributed by atoms with Gasteiger partial charge in [0, 0.05) is 12.8 Å². The van der Waals surface area contributed by atoms with Gasteiger partial charge < -0.3 is 14.8 Å². The molecule has 0 bridgehead atoms. The summed E-state index contributed by atoms with van der Waals surface area (Å²) in [7, 11) is 0. The SMILES string of the molecule is OCCC(Nc1ncc(Cl)cc1Br)c1ccco1. The van der Waals surface area contributed by atoms with Crippen LogP contribution < -0.4 is 5.32 Å². The smallest absolute Gasteiger partial charge is 0.140 e.